The summed E-state index contributed by atoms with van der Waals surface area (Å²) in [5.41, 5.74) is 0. The Bertz CT molecular complexity index is 2000. The lowest BCUT2D eigenvalue weighted by Crippen LogP contribution is -2.28. The van der Waals surface area contributed by atoms with Gasteiger partial charge < -0.3 is 14.6 Å². The van der Waals surface area contributed by atoms with Crippen molar-refractivity contribution in [2.45, 2.75) is 302 Å². The van der Waals surface area contributed by atoms with E-state index in [0.717, 1.165) is 141 Å². The number of rotatable bonds is 64. The zero-order valence-electron chi connectivity index (χ0n) is 56.7. The van der Waals surface area contributed by atoms with E-state index in [0.29, 0.717) is 12.8 Å². The van der Waals surface area contributed by atoms with Crippen molar-refractivity contribution in [1.82, 2.24) is 0 Å². The van der Waals surface area contributed by atoms with E-state index in [1.165, 1.54) is 128 Å². The normalized spacial score (nSPS) is 13.4. The molecule has 5 heteroatoms. The quantitative estimate of drug-likeness (QED) is 0.0373. The summed E-state index contributed by atoms with van der Waals surface area (Å²) in [4.78, 5) is 24.7. The minimum atomic E-state index is -0.789. The number of ether oxygens (including phenoxy) is 2. The molecule has 0 aliphatic carbocycles. The lowest BCUT2D eigenvalue weighted by molar-refractivity contribution is -0.161. The third-order valence-corrected chi connectivity index (χ3v) is 14.9. The molecule has 0 amide bonds. The van der Waals surface area contributed by atoms with Gasteiger partial charge >= 0.3 is 11.9 Å². The Labute approximate surface area is 543 Å². The summed E-state index contributed by atoms with van der Waals surface area (Å²) in [5.74, 6) is -0.601. The molecule has 0 rings (SSSR count). The summed E-state index contributed by atoms with van der Waals surface area (Å²) in [6.07, 6.45) is 120. The van der Waals surface area contributed by atoms with Crippen LogP contribution in [0.1, 0.15) is 296 Å². The fraction of sp³-hybridized carbons (Fsp3) is 0.590. The van der Waals surface area contributed by atoms with Crippen molar-refractivity contribution in [3.8, 4) is 0 Å². The van der Waals surface area contributed by atoms with Crippen LogP contribution in [0.2, 0.25) is 0 Å². The molecule has 0 aliphatic heterocycles. The number of carbonyl (C=O) groups excluding carboxylic acids is 2. The predicted octanol–water partition coefficient (Wildman–Crippen LogP) is 25.5. The molecule has 1 N–H and O–H groups in total. The summed E-state index contributed by atoms with van der Waals surface area (Å²) in [6.45, 7) is 3.91. The van der Waals surface area contributed by atoms with Gasteiger partial charge in [0.1, 0.15) is 6.61 Å². The van der Waals surface area contributed by atoms with Gasteiger partial charge in [-0.25, -0.2) is 0 Å². The SMILES string of the molecule is CC/C=C\C/C=C\C/C=C\C/C=C\C/C=C\C/C=C\C/C=C\C/C=C\CCCCCCCCCCCCCCCCC(=O)OC(CO)COC(=O)CCCCCCCCCCCC/C=C\C/C=C\C/C=C\C/C=C\C/C=C\C/C=C\C/C=C\C/C=C\CC. The number of unbranched alkanes of at least 4 members (excludes halogenated alkanes) is 24. The molecule has 5 nitrogen and oxygen atoms in total. The van der Waals surface area contributed by atoms with Crippen molar-refractivity contribution in [2.75, 3.05) is 13.2 Å². The maximum absolute atomic E-state index is 12.4. The highest BCUT2D eigenvalue weighted by Crippen LogP contribution is 2.16. The van der Waals surface area contributed by atoms with Crippen molar-refractivity contribution in [2.24, 2.45) is 0 Å². The minimum Gasteiger partial charge on any atom is -0.462 e. The number of aliphatic hydroxyl groups excluding tert-OH is 1. The predicted molar refractivity (Wildman–Crippen MR) is 389 cm³/mol. The molecule has 0 heterocycles. The Morgan fingerprint density at radius 2 is 0.455 bits per heavy atom. The van der Waals surface area contributed by atoms with Gasteiger partial charge in [-0.05, 0) is 141 Å². The van der Waals surface area contributed by atoms with Crippen LogP contribution in [0.25, 0.3) is 0 Å². The van der Waals surface area contributed by atoms with Crippen LogP contribution in [0.4, 0.5) is 0 Å². The number of esters is 2. The fourth-order valence-electron chi connectivity index (χ4n) is 9.59. The van der Waals surface area contributed by atoms with Crippen LogP contribution in [-0.4, -0.2) is 36.4 Å². The highest BCUT2D eigenvalue weighted by molar-refractivity contribution is 5.70. The van der Waals surface area contributed by atoms with E-state index in [1.807, 2.05) is 0 Å². The van der Waals surface area contributed by atoms with Gasteiger partial charge in [0, 0.05) is 12.8 Å². The van der Waals surface area contributed by atoms with E-state index in [4.69, 9.17) is 9.47 Å². The summed E-state index contributed by atoms with van der Waals surface area (Å²) >= 11 is 0. The van der Waals surface area contributed by atoms with Crippen LogP contribution in [0.15, 0.2) is 194 Å². The maximum Gasteiger partial charge on any atom is 0.306 e. The molecule has 1 unspecified atom stereocenters. The van der Waals surface area contributed by atoms with E-state index in [-0.39, 0.29) is 25.2 Å². The Morgan fingerprint density at radius 3 is 0.682 bits per heavy atom. The molecular formula is C83H132O5. The van der Waals surface area contributed by atoms with Gasteiger partial charge in [0.2, 0.25) is 0 Å². The molecule has 0 aromatic carbocycles. The molecule has 0 aliphatic rings. The van der Waals surface area contributed by atoms with Crippen LogP contribution in [0.5, 0.6) is 0 Å². The Kier molecular flexibility index (Phi) is 71.4. The topological polar surface area (TPSA) is 72.8 Å². The molecular weight excluding hydrogens is 1080 g/mol. The van der Waals surface area contributed by atoms with Crippen LogP contribution < -0.4 is 0 Å². The molecule has 494 valence electrons. The standard InChI is InChI=1S/C83H132O5/c1-3-5-7-9-11-13-15-17-19-21-23-25-27-29-31-33-35-37-39-40-41-42-44-46-48-50-52-54-56-58-60-62-64-66-68-70-72-74-76-78-83(86)88-81(79-84)80-87-82(85)77-75-73-71-69-67-65-63-61-59-57-55-53-51-49-47-45-43-38-36-34-32-30-28-26-24-22-20-18-16-14-12-10-8-6-4-2/h5-8,11-14,17-20,23-26,29-32,35-38,40-41,44-47,51,53,81,84H,3-4,9-10,15-16,21-22,27-28,33-34,39,42-43,48-50,52,54-80H2,1-2H3/b7-5-,8-6-,13-11-,14-12-,19-17-,20-18-,25-23-,26-24-,31-29-,32-30-,37-35-,38-36-,41-40-,46-44-,47-45-,53-51-. The summed E-state index contributed by atoms with van der Waals surface area (Å²) in [7, 11) is 0. The average Bonchev–Trinajstić information content (AvgIpc) is 3.54. The van der Waals surface area contributed by atoms with Gasteiger partial charge in [-0.1, -0.05) is 337 Å². The first-order valence-electron chi connectivity index (χ1n) is 36.0. The Hall–Kier alpha value is -5.26. The molecule has 0 spiro atoms. The summed E-state index contributed by atoms with van der Waals surface area (Å²) in [6, 6.07) is 0. The minimum absolute atomic E-state index is 0.0778. The van der Waals surface area contributed by atoms with Crippen LogP contribution in [0.3, 0.4) is 0 Å². The van der Waals surface area contributed by atoms with Gasteiger partial charge in [0.25, 0.3) is 0 Å². The zero-order valence-corrected chi connectivity index (χ0v) is 56.7. The molecule has 0 bridgehead atoms. The monoisotopic (exact) mass is 1210 g/mol. The second kappa shape index (κ2) is 76.0. The molecule has 1 atom stereocenters. The number of aliphatic hydroxyl groups is 1. The molecule has 0 radical (unpaired) electrons. The molecule has 0 aromatic rings. The number of hydrogen-bond donors (Lipinski definition) is 1. The molecule has 88 heavy (non-hydrogen) atoms. The average molecular weight is 1210 g/mol. The smallest absolute Gasteiger partial charge is 0.306 e. The third kappa shape index (κ3) is 73.2. The summed E-state index contributed by atoms with van der Waals surface area (Å²) < 4.78 is 10.8. The van der Waals surface area contributed by atoms with Crippen molar-refractivity contribution in [3.05, 3.63) is 194 Å². The first-order chi connectivity index (χ1) is 43.6. The van der Waals surface area contributed by atoms with Gasteiger partial charge in [0.05, 0.1) is 6.61 Å². The highest BCUT2D eigenvalue weighted by atomic mass is 16.6. The van der Waals surface area contributed by atoms with E-state index >= 15 is 0 Å². The largest absolute Gasteiger partial charge is 0.462 e. The highest BCUT2D eigenvalue weighted by Gasteiger charge is 2.16. The first-order valence-corrected chi connectivity index (χ1v) is 36.0. The van der Waals surface area contributed by atoms with Gasteiger partial charge in [-0.15, -0.1) is 0 Å². The van der Waals surface area contributed by atoms with Gasteiger partial charge in [0.15, 0.2) is 6.10 Å². The summed E-state index contributed by atoms with van der Waals surface area (Å²) in [5, 5.41) is 9.71. The van der Waals surface area contributed by atoms with E-state index < -0.39 is 6.10 Å². The van der Waals surface area contributed by atoms with Crippen molar-refractivity contribution in [3.63, 3.8) is 0 Å². The third-order valence-electron chi connectivity index (χ3n) is 14.9. The van der Waals surface area contributed by atoms with E-state index in [1.54, 1.807) is 0 Å². The van der Waals surface area contributed by atoms with E-state index in [9.17, 15) is 14.7 Å². The number of hydrogen-bond acceptors (Lipinski definition) is 5. The number of allylic oxidation sites excluding steroid dienone is 32. The van der Waals surface area contributed by atoms with E-state index in [2.05, 4.69) is 208 Å². The second-order valence-corrected chi connectivity index (χ2v) is 23.2. The van der Waals surface area contributed by atoms with Crippen molar-refractivity contribution >= 4 is 11.9 Å². The Morgan fingerprint density at radius 1 is 0.261 bits per heavy atom. The van der Waals surface area contributed by atoms with Crippen molar-refractivity contribution in [1.29, 1.82) is 0 Å². The molecule has 0 fully saturated rings. The molecule has 0 saturated heterocycles. The lowest BCUT2D eigenvalue weighted by atomic mass is 10.0. The van der Waals surface area contributed by atoms with Crippen molar-refractivity contribution < 1.29 is 24.2 Å². The van der Waals surface area contributed by atoms with Crippen LogP contribution in [-0.2, 0) is 19.1 Å². The maximum atomic E-state index is 12.4. The number of carbonyl (C=O) groups is 2. The Balaban J connectivity index is 3.55. The lowest BCUT2D eigenvalue weighted by Gasteiger charge is -2.15. The van der Waals surface area contributed by atoms with Crippen LogP contribution >= 0.6 is 0 Å². The van der Waals surface area contributed by atoms with Crippen LogP contribution in [0, 0.1) is 0 Å². The first kappa shape index (κ1) is 82.7. The van der Waals surface area contributed by atoms with Gasteiger partial charge in [-0.2, -0.15) is 0 Å². The molecule has 0 saturated carbocycles. The molecule has 0 aromatic heterocycles. The van der Waals surface area contributed by atoms with Gasteiger partial charge in [-0.3, -0.25) is 9.59 Å². The fourth-order valence-corrected chi connectivity index (χ4v) is 9.59. The zero-order chi connectivity index (χ0) is 63.3. The second-order valence-electron chi connectivity index (χ2n) is 23.2.